The third kappa shape index (κ3) is 3.90. The molecule has 1 aliphatic rings. The number of Topliss-reactive ketones (excluding diaryl/α,β-unsaturated/α-hetero) is 1. The number of amides is 2. The zero-order valence-electron chi connectivity index (χ0n) is 17.4. The number of rotatable bonds is 7. The number of esters is 1. The molecule has 0 saturated carbocycles. The Morgan fingerprint density at radius 2 is 1.72 bits per heavy atom. The summed E-state index contributed by atoms with van der Waals surface area (Å²) in [5, 5.41) is 0. The van der Waals surface area contributed by atoms with E-state index in [0.29, 0.717) is 22.6 Å². The number of carbonyl (C=O) groups is 4. The Hall–Kier alpha value is -4.20. The highest BCUT2D eigenvalue weighted by atomic mass is 16.5. The predicted octanol–water partition coefficient (Wildman–Crippen LogP) is 3.64. The summed E-state index contributed by atoms with van der Waals surface area (Å²) < 4.78 is 15.8. The van der Waals surface area contributed by atoms with E-state index in [4.69, 9.17) is 13.9 Å². The van der Waals surface area contributed by atoms with Crippen molar-refractivity contribution < 1.29 is 33.1 Å². The Bertz CT molecular complexity index is 1230. The van der Waals surface area contributed by atoms with E-state index in [9.17, 15) is 19.2 Å². The Morgan fingerprint density at radius 1 is 0.969 bits per heavy atom. The standard InChI is InChI=1S/C24H19NO7/c1-14(26)15-6-8-21(30-2)17(10-15)13-32-24(29)16-5-7-19-20(11-16)23(28)25(22(19)27)12-18-4-3-9-31-18/h3-11H,12-13H2,1-2H3. The van der Waals surface area contributed by atoms with Crippen LogP contribution in [0.2, 0.25) is 0 Å². The van der Waals surface area contributed by atoms with Crippen molar-refractivity contribution in [3.05, 3.63) is 88.4 Å². The van der Waals surface area contributed by atoms with Gasteiger partial charge in [-0.05, 0) is 55.5 Å². The van der Waals surface area contributed by atoms with E-state index >= 15 is 0 Å². The van der Waals surface area contributed by atoms with Crippen molar-refractivity contribution in [1.29, 1.82) is 0 Å². The van der Waals surface area contributed by atoms with E-state index in [1.54, 1.807) is 30.3 Å². The van der Waals surface area contributed by atoms with Gasteiger partial charge in [-0.2, -0.15) is 0 Å². The van der Waals surface area contributed by atoms with Crippen LogP contribution in [-0.4, -0.2) is 35.6 Å². The maximum Gasteiger partial charge on any atom is 0.338 e. The molecule has 0 N–H and O–H groups in total. The minimum absolute atomic E-state index is 0.00537. The number of nitrogens with zero attached hydrogens (tertiary/aromatic N) is 1. The van der Waals surface area contributed by atoms with Gasteiger partial charge >= 0.3 is 5.97 Å². The average Bonchev–Trinajstić information content (AvgIpc) is 3.40. The van der Waals surface area contributed by atoms with Crippen molar-refractivity contribution in [2.75, 3.05) is 7.11 Å². The van der Waals surface area contributed by atoms with Crippen LogP contribution in [0.4, 0.5) is 0 Å². The Balaban J connectivity index is 1.51. The molecule has 8 heteroatoms. The van der Waals surface area contributed by atoms with Gasteiger partial charge in [0.25, 0.3) is 11.8 Å². The van der Waals surface area contributed by atoms with Crippen LogP contribution in [0.5, 0.6) is 5.75 Å². The number of ketones is 1. The second-order valence-corrected chi connectivity index (χ2v) is 7.20. The molecular weight excluding hydrogens is 414 g/mol. The quantitative estimate of drug-likeness (QED) is 0.318. The first-order chi connectivity index (χ1) is 15.4. The van der Waals surface area contributed by atoms with Gasteiger partial charge in [0.2, 0.25) is 0 Å². The summed E-state index contributed by atoms with van der Waals surface area (Å²) in [6.45, 7) is 1.32. The maximum absolute atomic E-state index is 12.7. The molecule has 0 fully saturated rings. The molecular formula is C24H19NO7. The molecule has 0 atom stereocenters. The molecule has 1 aliphatic heterocycles. The summed E-state index contributed by atoms with van der Waals surface area (Å²) in [6.07, 6.45) is 1.46. The number of methoxy groups -OCH3 is 1. The minimum atomic E-state index is -0.673. The summed E-state index contributed by atoms with van der Waals surface area (Å²) in [4.78, 5) is 50.6. The summed E-state index contributed by atoms with van der Waals surface area (Å²) in [7, 11) is 1.48. The lowest BCUT2D eigenvalue weighted by molar-refractivity contribution is 0.0469. The monoisotopic (exact) mass is 433 g/mol. The molecule has 0 aliphatic carbocycles. The molecule has 2 amide bonds. The summed E-state index contributed by atoms with van der Waals surface area (Å²) in [5.74, 6) is -0.806. The maximum atomic E-state index is 12.7. The molecule has 0 saturated heterocycles. The van der Waals surface area contributed by atoms with Crippen LogP contribution in [0, 0.1) is 0 Å². The Labute approximate surface area is 183 Å². The Morgan fingerprint density at radius 3 is 2.41 bits per heavy atom. The van der Waals surface area contributed by atoms with E-state index in [2.05, 4.69) is 0 Å². The number of fused-ring (bicyclic) bond motifs is 1. The van der Waals surface area contributed by atoms with Gasteiger partial charge in [0, 0.05) is 11.1 Å². The fraction of sp³-hybridized carbons (Fsp3) is 0.167. The van der Waals surface area contributed by atoms with Crippen molar-refractivity contribution in [1.82, 2.24) is 4.90 Å². The van der Waals surface area contributed by atoms with Crippen molar-refractivity contribution in [3.8, 4) is 5.75 Å². The number of hydrogen-bond donors (Lipinski definition) is 0. The normalized spacial score (nSPS) is 12.6. The van der Waals surface area contributed by atoms with Crippen LogP contribution in [0.15, 0.2) is 59.2 Å². The van der Waals surface area contributed by atoms with E-state index in [1.807, 2.05) is 0 Å². The molecule has 0 bridgehead atoms. The van der Waals surface area contributed by atoms with E-state index in [0.717, 1.165) is 4.90 Å². The first-order valence-electron chi connectivity index (χ1n) is 9.76. The lowest BCUT2D eigenvalue weighted by atomic mass is 10.1. The molecule has 4 rings (SSSR count). The smallest absolute Gasteiger partial charge is 0.338 e. The van der Waals surface area contributed by atoms with Crippen LogP contribution in [0.3, 0.4) is 0 Å². The van der Waals surface area contributed by atoms with Crippen LogP contribution < -0.4 is 4.74 Å². The molecule has 8 nitrogen and oxygen atoms in total. The molecule has 162 valence electrons. The highest BCUT2D eigenvalue weighted by Gasteiger charge is 2.36. The van der Waals surface area contributed by atoms with E-state index < -0.39 is 17.8 Å². The fourth-order valence-electron chi connectivity index (χ4n) is 3.46. The Kier molecular flexibility index (Phi) is 5.59. The third-order valence-electron chi connectivity index (χ3n) is 5.15. The van der Waals surface area contributed by atoms with Gasteiger partial charge < -0.3 is 13.9 Å². The molecule has 0 unspecified atom stereocenters. The second-order valence-electron chi connectivity index (χ2n) is 7.20. The first kappa shape index (κ1) is 21.0. The first-order valence-corrected chi connectivity index (χ1v) is 9.76. The summed E-state index contributed by atoms with van der Waals surface area (Å²) in [6, 6.07) is 12.4. The number of imide groups is 1. The van der Waals surface area contributed by atoms with Crippen molar-refractivity contribution in [2.24, 2.45) is 0 Å². The van der Waals surface area contributed by atoms with Crippen molar-refractivity contribution >= 4 is 23.6 Å². The van der Waals surface area contributed by atoms with Crippen molar-refractivity contribution in [2.45, 2.75) is 20.1 Å². The second kappa shape index (κ2) is 8.50. The van der Waals surface area contributed by atoms with Gasteiger partial charge in [0.15, 0.2) is 5.78 Å². The average molecular weight is 433 g/mol. The van der Waals surface area contributed by atoms with Gasteiger partial charge in [-0.25, -0.2) is 4.79 Å². The zero-order chi connectivity index (χ0) is 22.8. The van der Waals surface area contributed by atoms with E-state index in [1.165, 1.54) is 38.5 Å². The molecule has 32 heavy (non-hydrogen) atoms. The molecule has 0 spiro atoms. The van der Waals surface area contributed by atoms with Crippen LogP contribution in [-0.2, 0) is 17.9 Å². The molecule has 1 aromatic heterocycles. The molecule has 2 aromatic carbocycles. The summed E-state index contributed by atoms with van der Waals surface area (Å²) in [5.41, 5.74) is 1.48. The summed E-state index contributed by atoms with van der Waals surface area (Å²) >= 11 is 0. The number of ether oxygens (including phenoxy) is 2. The van der Waals surface area contributed by atoms with Crippen molar-refractivity contribution in [3.63, 3.8) is 0 Å². The highest BCUT2D eigenvalue weighted by Crippen LogP contribution is 2.27. The van der Waals surface area contributed by atoms with Gasteiger partial charge in [-0.3, -0.25) is 19.3 Å². The highest BCUT2D eigenvalue weighted by molar-refractivity contribution is 6.21. The molecule has 0 radical (unpaired) electrons. The van der Waals surface area contributed by atoms with Gasteiger partial charge in [-0.1, -0.05) is 0 Å². The van der Waals surface area contributed by atoms with Crippen LogP contribution in [0.1, 0.15) is 59.7 Å². The largest absolute Gasteiger partial charge is 0.496 e. The minimum Gasteiger partial charge on any atom is -0.496 e. The molecule has 3 aromatic rings. The number of furan rings is 1. The predicted molar refractivity (Wildman–Crippen MR) is 111 cm³/mol. The number of carbonyl (C=O) groups excluding carboxylic acids is 4. The molecule has 2 heterocycles. The fourth-order valence-corrected chi connectivity index (χ4v) is 3.46. The van der Waals surface area contributed by atoms with Crippen LogP contribution >= 0.6 is 0 Å². The number of hydrogen-bond acceptors (Lipinski definition) is 7. The zero-order valence-corrected chi connectivity index (χ0v) is 17.4. The lowest BCUT2D eigenvalue weighted by Gasteiger charge is -2.11. The van der Waals surface area contributed by atoms with Gasteiger partial charge in [0.1, 0.15) is 18.1 Å². The number of benzene rings is 2. The van der Waals surface area contributed by atoms with Crippen LogP contribution in [0.25, 0.3) is 0 Å². The van der Waals surface area contributed by atoms with Gasteiger partial charge in [-0.15, -0.1) is 0 Å². The van der Waals surface area contributed by atoms with Gasteiger partial charge in [0.05, 0.1) is 36.6 Å². The lowest BCUT2D eigenvalue weighted by Crippen LogP contribution is -2.28. The van der Waals surface area contributed by atoms with E-state index in [-0.39, 0.29) is 35.6 Å². The topological polar surface area (TPSA) is 103 Å². The SMILES string of the molecule is COc1ccc(C(C)=O)cc1COC(=O)c1ccc2c(c1)C(=O)N(Cc1ccco1)C2=O. The third-order valence-corrected chi connectivity index (χ3v) is 5.15.